The number of nitrogens with zero attached hydrogens (tertiary/aromatic N) is 1. The van der Waals surface area contributed by atoms with Crippen LogP contribution >= 0.6 is 0 Å². The Kier molecular flexibility index (Phi) is 5.59. The second-order valence-corrected chi connectivity index (χ2v) is 3.84. The van der Waals surface area contributed by atoms with E-state index < -0.39 is 0 Å². The van der Waals surface area contributed by atoms with E-state index in [-0.39, 0.29) is 11.9 Å². The van der Waals surface area contributed by atoms with Crippen LogP contribution in [-0.2, 0) is 4.74 Å². The van der Waals surface area contributed by atoms with E-state index in [2.05, 4.69) is 10.3 Å². The Morgan fingerprint density at radius 1 is 1.65 bits per heavy atom. The number of methoxy groups -OCH3 is 1. The van der Waals surface area contributed by atoms with Crippen LogP contribution in [0.15, 0.2) is 18.3 Å². The van der Waals surface area contributed by atoms with E-state index in [1.54, 1.807) is 25.4 Å². The third-order valence-electron chi connectivity index (χ3n) is 2.47. The van der Waals surface area contributed by atoms with Crippen molar-refractivity contribution in [2.24, 2.45) is 5.73 Å². The van der Waals surface area contributed by atoms with Gasteiger partial charge in [-0.15, -0.1) is 0 Å². The van der Waals surface area contributed by atoms with Crippen LogP contribution in [-0.4, -0.2) is 37.2 Å². The fourth-order valence-corrected chi connectivity index (χ4v) is 1.59. The van der Waals surface area contributed by atoms with Crippen molar-refractivity contribution in [2.75, 3.05) is 20.3 Å². The van der Waals surface area contributed by atoms with E-state index in [0.29, 0.717) is 30.8 Å². The molecule has 0 aliphatic rings. The zero-order valence-electron chi connectivity index (χ0n) is 10.3. The number of carbonyl (C=O) groups excluding carboxylic acids is 1. The van der Waals surface area contributed by atoms with Crippen molar-refractivity contribution < 1.29 is 9.53 Å². The molecule has 0 saturated carbocycles. The summed E-state index contributed by atoms with van der Waals surface area (Å²) in [6, 6.07) is 3.44. The lowest BCUT2D eigenvalue weighted by Gasteiger charge is -2.17. The molecule has 0 radical (unpaired) electrons. The highest BCUT2D eigenvalue weighted by Crippen LogP contribution is 2.04. The van der Waals surface area contributed by atoms with Crippen molar-refractivity contribution in [3.05, 3.63) is 29.6 Å². The summed E-state index contributed by atoms with van der Waals surface area (Å²) < 4.78 is 5.04. The van der Waals surface area contributed by atoms with Gasteiger partial charge in [-0.05, 0) is 32.0 Å². The molecule has 0 fully saturated rings. The molecular formula is C12H19N3O2. The smallest absolute Gasteiger partial charge is 0.253 e. The first-order chi connectivity index (χ1) is 8.19. The first-order valence-electron chi connectivity index (χ1n) is 5.60. The molecule has 0 aliphatic carbocycles. The molecule has 1 amide bonds. The fraction of sp³-hybridized carbons (Fsp3) is 0.500. The number of rotatable bonds is 6. The van der Waals surface area contributed by atoms with Crippen molar-refractivity contribution in [3.8, 4) is 0 Å². The van der Waals surface area contributed by atoms with Gasteiger partial charge in [0.25, 0.3) is 5.91 Å². The average Bonchev–Trinajstić information content (AvgIpc) is 2.30. The summed E-state index contributed by atoms with van der Waals surface area (Å²) in [7, 11) is 1.60. The SMILES string of the molecule is COCC(CCN)NC(=O)c1cccnc1C. The van der Waals surface area contributed by atoms with Crippen LogP contribution in [0.1, 0.15) is 22.5 Å². The molecule has 1 heterocycles. The minimum Gasteiger partial charge on any atom is -0.383 e. The second kappa shape index (κ2) is 6.98. The Hall–Kier alpha value is -1.46. The van der Waals surface area contributed by atoms with Gasteiger partial charge in [0.05, 0.1) is 18.2 Å². The van der Waals surface area contributed by atoms with Gasteiger partial charge in [0.1, 0.15) is 0 Å². The van der Waals surface area contributed by atoms with Gasteiger partial charge in [0.15, 0.2) is 0 Å². The van der Waals surface area contributed by atoms with Crippen LogP contribution in [0.4, 0.5) is 0 Å². The Morgan fingerprint density at radius 2 is 2.41 bits per heavy atom. The molecule has 1 unspecified atom stereocenters. The molecule has 94 valence electrons. The zero-order chi connectivity index (χ0) is 12.7. The minimum absolute atomic E-state index is 0.0582. The van der Waals surface area contributed by atoms with Gasteiger partial charge in [-0.1, -0.05) is 0 Å². The summed E-state index contributed by atoms with van der Waals surface area (Å²) >= 11 is 0. The molecule has 3 N–H and O–H groups in total. The number of hydrogen-bond donors (Lipinski definition) is 2. The first kappa shape index (κ1) is 13.6. The van der Waals surface area contributed by atoms with Crippen molar-refractivity contribution in [1.82, 2.24) is 10.3 Å². The molecule has 0 bridgehead atoms. The Balaban J connectivity index is 2.67. The van der Waals surface area contributed by atoms with Gasteiger partial charge >= 0.3 is 0 Å². The van der Waals surface area contributed by atoms with Crippen LogP contribution in [0.25, 0.3) is 0 Å². The molecule has 17 heavy (non-hydrogen) atoms. The number of nitrogens with two attached hydrogens (primary N) is 1. The topological polar surface area (TPSA) is 77.2 Å². The molecule has 1 rings (SSSR count). The van der Waals surface area contributed by atoms with Crippen LogP contribution in [0, 0.1) is 6.92 Å². The summed E-state index contributed by atoms with van der Waals surface area (Å²) in [5, 5.41) is 2.89. The zero-order valence-corrected chi connectivity index (χ0v) is 10.3. The van der Waals surface area contributed by atoms with E-state index in [0.717, 1.165) is 0 Å². The van der Waals surface area contributed by atoms with Crippen molar-refractivity contribution in [1.29, 1.82) is 0 Å². The number of aromatic nitrogens is 1. The van der Waals surface area contributed by atoms with Gasteiger partial charge < -0.3 is 15.8 Å². The number of ether oxygens (including phenoxy) is 1. The van der Waals surface area contributed by atoms with Gasteiger partial charge in [0, 0.05) is 19.0 Å². The molecule has 0 aromatic carbocycles. The molecule has 5 heteroatoms. The Morgan fingerprint density at radius 3 is 3.00 bits per heavy atom. The van der Waals surface area contributed by atoms with Gasteiger partial charge in [-0.3, -0.25) is 9.78 Å². The monoisotopic (exact) mass is 237 g/mol. The highest BCUT2D eigenvalue weighted by atomic mass is 16.5. The van der Waals surface area contributed by atoms with E-state index in [4.69, 9.17) is 10.5 Å². The molecule has 0 aliphatic heterocycles. The molecule has 0 saturated heterocycles. The van der Waals surface area contributed by atoms with Gasteiger partial charge in [-0.2, -0.15) is 0 Å². The van der Waals surface area contributed by atoms with Crippen LogP contribution in [0.3, 0.4) is 0 Å². The molecule has 1 aromatic heterocycles. The van der Waals surface area contributed by atoms with Crippen molar-refractivity contribution in [3.63, 3.8) is 0 Å². The maximum Gasteiger partial charge on any atom is 0.253 e. The average molecular weight is 237 g/mol. The number of hydrogen-bond acceptors (Lipinski definition) is 4. The van der Waals surface area contributed by atoms with Crippen LogP contribution in [0.2, 0.25) is 0 Å². The molecule has 1 atom stereocenters. The molecule has 1 aromatic rings. The van der Waals surface area contributed by atoms with E-state index in [1.807, 2.05) is 6.92 Å². The van der Waals surface area contributed by atoms with Gasteiger partial charge in [0.2, 0.25) is 0 Å². The molecule has 0 spiro atoms. The van der Waals surface area contributed by atoms with E-state index >= 15 is 0 Å². The minimum atomic E-state index is -0.133. The third kappa shape index (κ3) is 4.13. The van der Waals surface area contributed by atoms with Crippen molar-refractivity contribution in [2.45, 2.75) is 19.4 Å². The maximum absolute atomic E-state index is 12.0. The van der Waals surface area contributed by atoms with Crippen LogP contribution in [0.5, 0.6) is 0 Å². The van der Waals surface area contributed by atoms with Crippen LogP contribution < -0.4 is 11.1 Å². The quantitative estimate of drug-likeness (QED) is 0.754. The number of pyridine rings is 1. The predicted octanol–water partition coefficient (Wildman–Crippen LogP) is 0.484. The number of amides is 1. The lowest BCUT2D eigenvalue weighted by atomic mass is 10.1. The Labute approximate surface area is 101 Å². The second-order valence-electron chi connectivity index (χ2n) is 3.84. The third-order valence-corrected chi connectivity index (χ3v) is 2.47. The summed E-state index contributed by atoms with van der Waals surface area (Å²) in [5.74, 6) is -0.133. The summed E-state index contributed by atoms with van der Waals surface area (Å²) in [6.45, 7) is 2.78. The highest BCUT2D eigenvalue weighted by molar-refractivity contribution is 5.95. The largest absolute Gasteiger partial charge is 0.383 e. The predicted molar refractivity (Wildman–Crippen MR) is 65.8 cm³/mol. The summed E-state index contributed by atoms with van der Waals surface area (Å²) in [5.41, 5.74) is 6.79. The number of carbonyl (C=O) groups is 1. The Bertz CT molecular complexity index is 363. The van der Waals surface area contributed by atoms with Crippen molar-refractivity contribution >= 4 is 5.91 Å². The highest BCUT2D eigenvalue weighted by Gasteiger charge is 2.14. The molecule has 5 nitrogen and oxygen atoms in total. The summed E-state index contributed by atoms with van der Waals surface area (Å²) in [6.07, 6.45) is 2.36. The normalized spacial score (nSPS) is 12.2. The lowest BCUT2D eigenvalue weighted by Crippen LogP contribution is -2.39. The number of nitrogens with one attached hydrogen (secondary N) is 1. The fourth-order valence-electron chi connectivity index (χ4n) is 1.59. The molecular weight excluding hydrogens is 218 g/mol. The lowest BCUT2D eigenvalue weighted by molar-refractivity contribution is 0.0892. The van der Waals surface area contributed by atoms with E-state index in [1.165, 1.54) is 0 Å². The first-order valence-corrected chi connectivity index (χ1v) is 5.60. The van der Waals surface area contributed by atoms with E-state index in [9.17, 15) is 4.79 Å². The maximum atomic E-state index is 12.0. The summed E-state index contributed by atoms with van der Waals surface area (Å²) in [4.78, 5) is 16.1. The standard InChI is InChI=1S/C12H19N3O2/c1-9-11(4-3-7-14-9)12(16)15-10(5-6-13)8-17-2/h3-4,7,10H,5-6,8,13H2,1-2H3,(H,15,16). The number of aryl methyl sites for hydroxylation is 1. The van der Waals surface area contributed by atoms with Gasteiger partial charge in [-0.25, -0.2) is 0 Å².